The van der Waals surface area contributed by atoms with Crippen LogP contribution in [0.1, 0.15) is 28.8 Å². The number of rotatable bonds is 3. The number of benzene rings is 1. The maximum atomic E-state index is 13.8. The first-order chi connectivity index (χ1) is 9.10. The third kappa shape index (κ3) is 3.52. The number of esters is 1. The van der Waals surface area contributed by atoms with E-state index in [4.69, 9.17) is 5.73 Å². The molecule has 0 bridgehead atoms. The molecular weight excluding hydrogens is 247 g/mol. The minimum absolute atomic E-state index is 0.0263. The number of hydrogen-bond donors (Lipinski definition) is 1. The van der Waals surface area contributed by atoms with Crippen molar-refractivity contribution in [2.45, 2.75) is 25.4 Å². The first-order valence-electron chi connectivity index (χ1n) is 6.45. The highest BCUT2D eigenvalue weighted by Crippen LogP contribution is 2.16. The lowest BCUT2D eigenvalue weighted by Crippen LogP contribution is -2.42. The number of methoxy groups -OCH3 is 1. The second-order valence-electron chi connectivity index (χ2n) is 4.94. The second-order valence-corrected chi connectivity index (χ2v) is 4.94. The predicted octanol–water partition coefficient (Wildman–Crippen LogP) is 1.54. The number of likely N-dealkylation sites (tertiary alicyclic amines) is 1. The van der Waals surface area contributed by atoms with E-state index in [-0.39, 0.29) is 11.6 Å². The van der Waals surface area contributed by atoms with Gasteiger partial charge in [0.15, 0.2) is 0 Å². The number of carbonyl (C=O) groups excluding carboxylic acids is 1. The van der Waals surface area contributed by atoms with Gasteiger partial charge in [0.2, 0.25) is 0 Å². The van der Waals surface area contributed by atoms with E-state index in [1.54, 1.807) is 6.07 Å². The Morgan fingerprint density at radius 2 is 2.37 bits per heavy atom. The molecule has 0 spiro atoms. The van der Waals surface area contributed by atoms with Crippen LogP contribution in [0.25, 0.3) is 0 Å². The number of hydrogen-bond acceptors (Lipinski definition) is 4. The molecule has 1 aliphatic rings. The Labute approximate surface area is 112 Å². The van der Waals surface area contributed by atoms with Gasteiger partial charge in [-0.2, -0.15) is 0 Å². The van der Waals surface area contributed by atoms with Gasteiger partial charge in [0.25, 0.3) is 0 Å². The lowest BCUT2D eigenvalue weighted by Gasteiger charge is -2.30. The van der Waals surface area contributed by atoms with Crippen LogP contribution >= 0.6 is 0 Å². The Hall–Kier alpha value is -1.46. The lowest BCUT2D eigenvalue weighted by atomic mass is 10.0. The molecule has 1 unspecified atom stereocenters. The van der Waals surface area contributed by atoms with Crippen LogP contribution < -0.4 is 5.73 Å². The van der Waals surface area contributed by atoms with Crippen molar-refractivity contribution < 1.29 is 13.9 Å². The largest absolute Gasteiger partial charge is 0.465 e. The highest BCUT2D eigenvalue weighted by Gasteiger charge is 2.18. The number of nitrogens with zero attached hydrogens (tertiary/aromatic N) is 1. The normalized spacial score (nSPS) is 20.3. The van der Waals surface area contributed by atoms with Crippen molar-refractivity contribution in [3.05, 3.63) is 35.1 Å². The number of nitrogens with two attached hydrogens (primary N) is 1. The fourth-order valence-corrected chi connectivity index (χ4v) is 2.43. The third-order valence-electron chi connectivity index (χ3n) is 3.39. The van der Waals surface area contributed by atoms with Crippen molar-refractivity contribution in [2.24, 2.45) is 5.73 Å². The van der Waals surface area contributed by atoms with E-state index in [9.17, 15) is 9.18 Å². The molecule has 5 heteroatoms. The van der Waals surface area contributed by atoms with E-state index in [0.717, 1.165) is 31.5 Å². The Morgan fingerprint density at radius 3 is 3.00 bits per heavy atom. The van der Waals surface area contributed by atoms with Crippen LogP contribution in [-0.2, 0) is 11.3 Å². The molecule has 2 rings (SSSR count). The van der Waals surface area contributed by atoms with Gasteiger partial charge >= 0.3 is 5.97 Å². The zero-order valence-electron chi connectivity index (χ0n) is 11.1. The second kappa shape index (κ2) is 6.12. The van der Waals surface area contributed by atoms with Crippen molar-refractivity contribution in [3.8, 4) is 0 Å². The first-order valence-corrected chi connectivity index (χ1v) is 6.45. The molecule has 2 N–H and O–H groups in total. The Bertz CT molecular complexity index is 465. The molecule has 19 heavy (non-hydrogen) atoms. The van der Waals surface area contributed by atoms with Gasteiger partial charge in [-0.1, -0.05) is 6.07 Å². The van der Waals surface area contributed by atoms with Crippen molar-refractivity contribution in [1.29, 1.82) is 0 Å². The molecule has 0 aromatic heterocycles. The maximum absolute atomic E-state index is 13.8. The molecule has 1 aliphatic heterocycles. The van der Waals surface area contributed by atoms with E-state index < -0.39 is 11.8 Å². The molecule has 1 atom stereocenters. The van der Waals surface area contributed by atoms with Crippen LogP contribution in [-0.4, -0.2) is 37.1 Å². The Morgan fingerprint density at radius 1 is 1.58 bits per heavy atom. The van der Waals surface area contributed by atoms with E-state index in [0.29, 0.717) is 6.54 Å². The molecule has 1 aromatic rings. The first kappa shape index (κ1) is 14.0. The van der Waals surface area contributed by atoms with Crippen molar-refractivity contribution in [1.82, 2.24) is 4.90 Å². The van der Waals surface area contributed by atoms with E-state index >= 15 is 0 Å². The summed E-state index contributed by atoms with van der Waals surface area (Å²) in [5.74, 6) is -1.19. The standard InChI is InChI=1S/C14H19FN2O2/c1-19-14(18)12-5-4-10(7-13(12)15)8-17-6-2-3-11(16)9-17/h4-5,7,11H,2-3,6,8-9,16H2,1H3. The fraction of sp³-hybridized carbons (Fsp3) is 0.500. The third-order valence-corrected chi connectivity index (χ3v) is 3.39. The summed E-state index contributed by atoms with van der Waals surface area (Å²) in [6.45, 7) is 2.47. The Balaban J connectivity index is 2.05. The van der Waals surface area contributed by atoms with Gasteiger partial charge in [0, 0.05) is 19.1 Å². The zero-order valence-corrected chi connectivity index (χ0v) is 11.1. The van der Waals surface area contributed by atoms with Crippen molar-refractivity contribution in [3.63, 3.8) is 0 Å². The van der Waals surface area contributed by atoms with Gasteiger partial charge in [0.05, 0.1) is 12.7 Å². The highest BCUT2D eigenvalue weighted by atomic mass is 19.1. The highest BCUT2D eigenvalue weighted by molar-refractivity contribution is 5.89. The minimum atomic E-state index is -0.649. The molecule has 1 fully saturated rings. The fourth-order valence-electron chi connectivity index (χ4n) is 2.43. The summed E-state index contributed by atoms with van der Waals surface area (Å²) in [6.07, 6.45) is 2.12. The van der Waals surface area contributed by atoms with E-state index in [1.165, 1.54) is 19.2 Å². The molecule has 1 heterocycles. The summed E-state index contributed by atoms with van der Waals surface area (Å²) in [5.41, 5.74) is 6.73. The number of carbonyl (C=O) groups is 1. The van der Waals surface area contributed by atoms with Gasteiger partial charge in [-0.25, -0.2) is 9.18 Å². The molecule has 0 radical (unpaired) electrons. The van der Waals surface area contributed by atoms with Gasteiger partial charge in [-0.3, -0.25) is 4.90 Å². The molecule has 1 saturated heterocycles. The lowest BCUT2D eigenvalue weighted by molar-refractivity contribution is 0.0595. The molecule has 104 valence electrons. The minimum Gasteiger partial charge on any atom is -0.465 e. The molecular formula is C14H19FN2O2. The SMILES string of the molecule is COC(=O)c1ccc(CN2CCCC(N)C2)cc1F. The van der Waals surface area contributed by atoms with E-state index in [2.05, 4.69) is 9.64 Å². The maximum Gasteiger partial charge on any atom is 0.340 e. The quantitative estimate of drug-likeness (QED) is 0.843. The predicted molar refractivity (Wildman–Crippen MR) is 70.2 cm³/mol. The summed E-state index contributed by atoms with van der Waals surface area (Å²) in [4.78, 5) is 13.5. The van der Waals surface area contributed by atoms with Gasteiger partial charge in [-0.05, 0) is 37.1 Å². The number of halogens is 1. The summed E-state index contributed by atoms with van der Waals surface area (Å²) >= 11 is 0. The average Bonchev–Trinajstić information content (AvgIpc) is 2.38. The average molecular weight is 266 g/mol. The Kier molecular flexibility index (Phi) is 4.50. The van der Waals surface area contributed by atoms with Crippen LogP contribution in [0.4, 0.5) is 4.39 Å². The van der Waals surface area contributed by atoms with Gasteiger partial charge < -0.3 is 10.5 Å². The van der Waals surface area contributed by atoms with E-state index in [1.807, 2.05) is 0 Å². The summed E-state index contributed by atoms with van der Waals surface area (Å²) < 4.78 is 18.3. The van der Waals surface area contributed by atoms with Crippen LogP contribution in [0.2, 0.25) is 0 Å². The van der Waals surface area contributed by atoms with Crippen LogP contribution in [0, 0.1) is 5.82 Å². The zero-order chi connectivity index (χ0) is 13.8. The smallest absolute Gasteiger partial charge is 0.340 e. The topological polar surface area (TPSA) is 55.6 Å². The van der Waals surface area contributed by atoms with Gasteiger partial charge in [-0.15, -0.1) is 0 Å². The van der Waals surface area contributed by atoms with Crippen LogP contribution in [0.15, 0.2) is 18.2 Å². The number of ether oxygens (including phenoxy) is 1. The summed E-state index contributed by atoms with van der Waals surface area (Å²) in [5, 5.41) is 0. The summed E-state index contributed by atoms with van der Waals surface area (Å²) in [7, 11) is 1.24. The van der Waals surface area contributed by atoms with Crippen LogP contribution in [0.3, 0.4) is 0 Å². The monoisotopic (exact) mass is 266 g/mol. The molecule has 0 aliphatic carbocycles. The number of piperidine rings is 1. The molecule has 4 nitrogen and oxygen atoms in total. The summed E-state index contributed by atoms with van der Waals surface area (Å²) in [6, 6.07) is 4.83. The van der Waals surface area contributed by atoms with Crippen molar-refractivity contribution in [2.75, 3.05) is 20.2 Å². The van der Waals surface area contributed by atoms with Crippen LogP contribution in [0.5, 0.6) is 0 Å². The van der Waals surface area contributed by atoms with Gasteiger partial charge in [0.1, 0.15) is 5.82 Å². The molecule has 1 aromatic carbocycles. The van der Waals surface area contributed by atoms with Crippen molar-refractivity contribution >= 4 is 5.97 Å². The molecule has 0 saturated carbocycles. The molecule has 0 amide bonds.